The van der Waals surface area contributed by atoms with E-state index >= 15 is 0 Å². The molecule has 0 saturated heterocycles. The predicted octanol–water partition coefficient (Wildman–Crippen LogP) is 2.21. The first kappa shape index (κ1) is 18.2. The standard InChI is InChI=1S/C14H19F3N2O3/c1-21-7-6-18-13(20)19-8-11-2-4-12(5-3-11)9-22-10-14(15,16)17/h2-5H,6-10H2,1H3,(H2,18,19,20). The highest BCUT2D eigenvalue weighted by Crippen LogP contribution is 2.15. The van der Waals surface area contributed by atoms with E-state index in [-0.39, 0.29) is 12.6 Å². The van der Waals surface area contributed by atoms with Gasteiger partial charge in [-0.1, -0.05) is 24.3 Å². The first-order chi connectivity index (χ1) is 10.4. The van der Waals surface area contributed by atoms with Crippen molar-refractivity contribution in [3.05, 3.63) is 35.4 Å². The molecule has 0 spiro atoms. The number of benzene rings is 1. The van der Waals surface area contributed by atoms with Crippen molar-refractivity contribution in [1.82, 2.24) is 10.6 Å². The number of carbonyl (C=O) groups is 1. The van der Waals surface area contributed by atoms with E-state index in [0.717, 1.165) is 5.56 Å². The van der Waals surface area contributed by atoms with Crippen molar-refractivity contribution in [3.63, 3.8) is 0 Å². The second-order valence-corrected chi connectivity index (χ2v) is 4.53. The quantitative estimate of drug-likeness (QED) is 0.722. The molecule has 0 aliphatic heterocycles. The molecule has 0 aromatic heterocycles. The lowest BCUT2D eigenvalue weighted by atomic mass is 10.1. The van der Waals surface area contributed by atoms with Crippen molar-refractivity contribution in [2.24, 2.45) is 0 Å². The Labute approximate surface area is 126 Å². The van der Waals surface area contributed by atoms with Gasteiger partial charge in [0.05, 0.1) is 13.2 Å². The molecule has 0 aliphatic rings. The smallest absolute Gasteiger partial charge is 0.383 e. The second kappa shape index (κ2) is 9.26. The van der Waals surface area contributed by atoms with Crippen LogP contribution in [0.25, 0.3) is 0 Å². The number of ether oxygens (including phenoxy) is 2. The normalized spacial score (nSPS) is 11.3. The Morgan fingerprint density at radius 3 is 2.36 bits per heavy atom. The Balaban J connectivity index is 2.28. The molecule has 5 nitrogen and oxygen atoms in total. The molecule has 2 N–H and O–H groups in total. The summed E-state index contributed by atoms with van der Waals surface area (Å²) in [7, 11) is 1.54. The van der Waals surface area contributed by atoms with Gasteiger partial charge in [-0.2, -0.15) is 13.2 Å². The number of alkyl halides is 3. The van der Waals surface area contributed by atoms with Gasteiger partial charge in [-0.3, -0.25) is 0 Å². The summed E-state index contributed by atoms with van der Waals surface area (Å²) >= 11 is 0. The van der Waals surface area contributed by atoms with Gasteiger partial charge < -0.3 is 20.1 Å². The highest BCUT2D eigenvalue weighted by molar-refractivity contribution is 5.73. The van der Waals surface area contributed by atoms with Crippen molar-refractivity contribution in [2.75, 3.05) is 26.9 Å². The van der Waals surface area contributed by atoms with E-state index in [2.05, 4.69) is 15.4 Å². The molecule has 0 unspecified atom stereocenters. The maximum atomic E-state index is 11.9. The van der Waals surface area contributed by atoms with Crippen LogP contribution in [0.2, 0.25) is 0 Å². The second-order valence-electron chi connectivity index (χ2n) is 4.53. The average Bonchev–Trinajstić information content (AvgIpc) is 2.45. The molecular weight excluding hydrogens is 301 g/mol. The van der Waals surface area contributed by atoms with Crippen LogP contribution in [0.3, 0.4) is 0 Å². The molecule has 0 fully saturated rings. The van der Waals surface area contributed by atoms with E-state index in [1.165, 1.54) is 0 Å². The van der Waals surface area contributed by atoms with Gasteiger partial charge in [0.15, 0.2) is 0 Å². The highest BCUT2D eigenvalue weighted by Gasteiger charge is 2.27. The van der Waals surface area contributed by atoms with E-state index in [4.69, 9.17) is 4.74 Å². The number of hydrogen-bond acceptors (Lipinski definition) is 3. The molecular formula is C14H19F3N2O3. The van der Waals surface area contributed by atoms with E-state index in [0.29, 0.717) is 25.3 Å². The van der Waals surface area contributed by atoms with Crippen LogP contribution in [-0.4, -0.2) is 39.1 Å². The Hall–Kier alpha value is -1.80. The van der Waals surface area contributed by atoms with Crippen LogP contribution in [0.15, 0.2) is 24.3 Å². The summed E-state index contributed by atoms with van der Waals surface area (Å²) in [6.07, 6.45) is -4.32. The first-order valence-electron chi connectivity index (χ1n) is 6.63. The van der Waals surface area contributed by atoms with Gasteiger partial charge in [0.2, 0.25) is 0 Å². The van der Waals surface area contributed by atoms with Crippen LogP contribution in [0.5, 0.6) is 0 Å². The summed E-state index contributed by atoms with van der Waals surface area (Å²) < 4.78 is 45.1. The number of urea groups is 1. The van der Waals surface area contributed by atoms with Gasteiger partial charge in [-0.15, -0.1) is 0 Å². The number of carbonyl (C=O) groups excluding carboxylic acids is 1. The maximum Gasteiger partial charge on any atom is 0.411 e. The number of halogens is 3. The number of hydrogen-bond donors (Lipinski definition) is 2. The molecule has 0 aliphatic carbocycles. The van der Waals surface area contributed by atoms with Crippen LogP contribution in [0.4, 0.5) is 18.0 Å². The van der Waals surface area contributed by atoms with Gasteiger partial charge >= 0.3 is 12.2 Å². The number of rotatable bonds is 8. The number of methoxy groups -OCH3 is 1. The minimum Gasteiger partial charge on any atom is -0.383 e. The third-order valence-corrected chi connectivity index (χ3v) is 2.60. The SMILES string of the molecule is COCCNC(=O)NCc1ccc(COCC(F)(F)F)cc1. The van der Waals surface area contributed by atoms with E-state index in [1.807, 2.05) is 0 Å². The topological polar surface area (TPSA) is 59.6 Å². The number of nitrogens with one attached hydrogen (secondary N) is 2. The van der Waals surface area contributed by atoms with Crippen LogP contribution >= 0.6 is 0 Å². The van der Waals surface area contributed by atoms with Crippen LogP contribution in [0, 0.1) is 0 Å². The number of amides is 2. The lowest BCUT2D eigenvalue weighted by Crippen LogP contribution is -2.36. The first-order valence-corrected chi connectivity index (χ1v) is 6.63. The zero-order valence-corrected chi connectivity index (χ0v) is 12.2. The lowest BCUT2D eigenvalue weighted by molar-refractivity contribution is -0.176. The zero-order chi connectivity index (χ0) is 16.4. The average molecular weight is 320 g/mol. The summed E-state index contributed by atoms with van der Waals surface area (Å²) in [5, 5.41) is 5.26. The fraction of sp³-hybridized carbons (Fsp3) is 0.500. The Morgan fingerprint density at radius 1 is 1.14 bits per heavy atom. The molecule has 2 amide bonds. The largest absolute Gasteiger partial charge is 0.411 e. The fourth-order valence-corrected chi connectivity index (χ4v) is 1.55. The molecule has 0 heterocycles. The predicted molar refractivity (Wildman–Crippen MR) is 74.3 cm³/mol. The fourth-order valence-electron chi connectivity index (χ4n) is 1.55. The molecule has 0 saturated carbocycles. The van der Waals surface area contributed by atoms with Gasteiger partial charge in [0.1, 0.15) is 6.61 Å². The molecule has 124 valence electrons. The summed E-state index contributed by atoms with van der Waals surface area (Å²) in [4.78, 5) is 11.4. The van der Waals surface area contributed by atoms with E-state index in [1.54, 1.807) is 31.4 Å². The lowest BCUT2D eigenvalue weighted by Gasteiger charge is -2.09. The van der Waals surface area contributed by atoms with E-state index < -0.39 is 12.8 Å². The minimum absolute atomic E-state index is 0.106. The Morgan fingerprint density at radius 2 is 1.77 bits per heavy atom. The van der Waals surface area contributed by atoms with Gasteiger partial charge in [-0.05, 0) is 11.1 Å². The summed E-state index contributed by atoms with van der Waals surface area (Å²) in [6.45, 7) is -0.205. The molecule has 1 aromatic carbocycles. The zero-order valence-electron chi connectivity index (χ0n) is 12.2. The van der Waals surface area contributed by atoms with Crippen molar-refractivity contribution >= 4 is 6.03 Å². The summed E-state index contributed by atoms with van der Waals surface area (Å²) in [5.74, 6) is 0. The Bertz CT molecular complexity index is 450. The molecule has 0 atom stereocenters. The van der Waals surface area contributed by atoms with Crippen LogP contribution in [-0.2, 0) is 22.6 Å². The highest BCUT2D eigenvalue weighted by atomic mass is 19.4. The van der Waals surface area contributed by atoms with Crippen molar-refractivity contribution in [2.45, 2.75) is 19.3 Å². The summed E-state index contributed by atoms with van der Waals surface area (Å²) in [5.41, 5.74) is 1.47. The minimum atomic E-state index is -4.32. The van der Waals surface area contributed by atoms with Gasteiger partial charge in [0.25, 0.3) is 0 Å². The van der Waals surface area contributed by atoms with Gasteiger partial charge in [0, 0.05) is 20.2 Å². The van der Waals surface area contributed by atoms with E-state index in [9.17, 15) is 18.0 Å². The Kier molecular flexibility index (Phi) is 7.69. The molecule has 0 radical (unpaired) electrons. The molecule has 1 aromatic rings. The van der Waals surface area contributed by atoms with Crippen molar-refractivity contribution in [3.8, 4) is 0 Å². The van der Waals surface area contributed by atoms with Crippen molar-refractivity contribution < 1.29 is 27.4 Å². The molecule has 0 bridgehead atoms. The molecule has 8 heteroatoms. The third-order valence-electron chi connectivity index (χ3n) is 2.60. The monoisotopic (exact) mass is 320 g/mol. The molecule has 22 heavy (non-hydrogen) atoms. The van der Waals surface area contributed by atoms with Crippen molar-refractivity contribution in [1.29, 1.82) is 0 Å². The summed E-state index contributed by atoms with van der Waals surface area (Å²) in [6, 6.07) is 6.46. The maximum absolute atomic E-state index is 11.9. The third kappa shape index (κ3) is 8.48. The molecule has 1 rings (SSSR count). The van der Waals surface area contributed by atoms with Crippen LogP contribution in [0.1, 0.15) is 11.1 Å². The van der Waals surface area contributed by atoms with Crippen LogP contribution < -0.4 is 10.6 Å². The van der Waals surface area contributed by atoms with Gasteiger partial charge in [-0.25, -0.2) is 4.79 Å².